The van der Waals surface area contributed by atoms with Crippen LogP contribution in [0.5, 0.6) is 0 Å². The Balaban J connectivity index is 2.13. The van der Waals surface area contributed by atoms with Gasteiger partial charge in [0.05, 0.1) is 14.7 Å². The Labute approximate surface area is 127 Å². The van der Waals surface area contributed by atoms with Crippen molar-refractivity contribution in [3.63, 3.8) is 0 Å². The van der Waals surface area contributed by atoms with Gasteiger partial charge in [-0.05, 0) is 28.7 Å². The van der Waals surface area contributed by atoms with Crippen LogP contribution < -0.4 is 0 Å². The van der Waals surface area contributed by atoms with Crippen LogP contribution in [0, 0.1) is 0 Å². The second-order valence-electron chi connectivity index (χ2n) is 4.23. The predicted molar refractivity (Wildman–Crippen MR) is 79.9 cm³/mol. The van der Waals surface area contributed by atoms with Gasteiger partial charge in [0, 0.05) is 5.56 Å². The molecule has 1 aliphatic carbocycles. The average molecular weight is 378 g/mol. The van der Waals surface area contributed by atoms with Gasteiger partial charge in [-0.25, -0.2) is 0 Å². The Bertz CT molecular complexity index is 768. The van der Waals surface area contributed by atoms with Crippen LogP contribution in [0.4, 0.5) is 0 Å². The van der Waals surface area contributed by atoms with Crippen molar-refractivity contribution < 1.29 is 18.8 Å². The second kappa shape index (κ2) is 4.82. The summed E-state index contributed by atoms with van der Waals surface area (Å²) in [6.07, 6.45) is 2.71. The summed E-state index contributed by atoms with van der Waals surface area (Å²) in [5.41, 5.74) is 0.634. The molecule has 0 saturated heterocycles. The van der Waals surface area contributed by atoms with Gasteiger partial charge in [-0.2, -0.15) is 0 Å². The third kappa shape index (κ3) is 1.94. The van der Waals surface area contributed by atoms with Crippen LogP contribution >= 0.6 is 22.6 Å². The summed E-state index contributed by atoms with van der Waals surface area (Å²) in [7, 11) is 0. The van der Waals surface area contributed by atoms with Crippen molar-refractivity contribution in [1.29, 1.82) is 0 Å². The molecule has 20 heavy (non-hydrogen) atoms. The van der Waals surface area contributed by atoms with E-state index in [9.17, 15) is 14.4 Å². The highest BCUT2D eigenvalue weighted by molar-refractivity contribution is 14.1. The van der Waals surface area contributed by atoms with Crippen molar-refractivity contribution >= 4 is 46.0 Å². The fourth-order valence-corrected chi connectivity index (χ4v) is 2.56. The normalized spacial score (nSPS) is 13.9. The molecule has 0 amide bonds. The lowest BCUT2D eigenvalue weighted by Gasteiger charge is -2.07. The van der Waals surface area contributed by atoms with E-state index in [1.165, 1.54) is 12.3 Å². The average Bonchev–Trinajstić information content (AvgIpc) is 2.88. The molecule has 5 heteroatoms. The number of benzene rings is 1. The van der Waals surface area contributed by atoms with Gasteiger partial charge in [0.15, 0.2) is 5.78 Å². The monoisotopic (exact) mass is 378 g/mol. The molecule has 1 aromatic carbocycles. The zero-order valence-corrected chi connectivity index (χ0v) is 12.2. The van der Waals surface area contributed by atoms with Crippen LogP contribution in [0.2, 0.25) is 0 Å². The van der Waals surface area contributed by atoms with Gasteiger partial charge in [-0.3, -0.25) is 14.4 Å². The van der Waals surface area contributed by atoms with E-state index < -0.39 is 11.6 Å². The molecule has 0 bridgehead atoms. The van der Waals surface area contributed by atoms with Gasteiger partial charge in [-0.1, -0.05) is 30.3 Å². The number of carbonyl (C=O) groups excluding carboxylic acids is 3. The molecule has 0 saturated carbocycles. The van der Waals surface area contributed by atoms with Gasteiger partial charge in [0.1, 0.15) is 12.0 Å². The Kier molecular flexibility index (Phi) is 3.13. The topological polar surface area (TPSA) is 64.3 Å². The molecular weight excluding hydrogens is 371 g/mol. The van der Waals surface area contributed by atoms with E-state index in [0.29, 0.717) is 5.56 Å². The first kappa shape index (κ1) is 13.0. The molecule has 2 aromatic rings. The first-order valence-electron chi connectivity index (χ1n) is 5.77. The lowest BCUT2D eigenvalue weighted by molar-refractivity contribution is -0.111. The Morgan fingerprint density at radius 3 is 2.45 bits per heavy atom. The number of Topliss-reactive ketones (excluding diaryl/α,β-unsaturated/α-hetero) is 2. The number of ketones is 3. The lowest BCUT2D eigenvalue weighted by Crippen LogP contribution is -2.20. The Morgan fingerprint density at radius 1 is 1.05 bits per heavy atom. The summed E-state index contributed by atoms with van der Waals surface area (Å²) in [4.78, 5) is 36.1. The molecule has 0 N–H and O–H groups in total. The minimum absolute atomic E-state index is 0.0595. The molecule has 0 fully saturated rings. The van der Waals surface area contributed by atoms with Crippen molar-refractivity contribution in [3.8, 4) is 0 Å². The molecule has 3 rings (SSSR count). The maximum absolute atomic E-state index is 12.4. The second-order valence-corrected chi connectivity index (χ2v) is 5.40. The van der Waals surface area contributed by atoms with Gasteiger partial charge in [-0.15, -0.1) is 0 Å². The summed E-state index contributed by atoms with van der Waals surface area (Å²) in [5.74, 6) is -1.37. The number of furan rings is 1. The summed E-state index contributed by atoms with van der Waals surface area (Å²) < 4.78 is 5.53. The molecule has 4 nitrogen and oxygen atoms in total. The maximum atomic E-state index is 12.4. The zero-order chi connectivity index (χ0) is 14.3. The first-order valence-corrected chi connectivity index (χ1v) is 6.85. The van der Waals surface area contributed by atoms with Crippen LogP contribution in [0.15, 0.2) is 44.6 Å². The SMILES string of the molecule is O=C1C(=O)c2c(C(=O)c3ccccc3)coc2C=C1I. The zero-order valence-electron chi connectivity index (χ0n) is 10.1. The minimum Gasteiger partial charge on any atom is -0.463 e. The predicted octanol–water partition coefficient (Wildman–Crippen LogP) is 3.05. The quantitative estimate of drug-likeness (QED) is 0.458. The summed E-state index contributed by atoms with van der Waals surface area (Å²) in [6, 6.07) is 8.56. The van der Waals surface area contributed by atoms with E-state index in [1.54, 1.807) is 52.9 Å². The smallest absolute Gasteiger partial charge is 0.239 e. The highest BCUT2D eigenvalue weighted by atomic mass is 127. The molecule has 98 valence electrons. The standard InChI is InChI=1S/C15H7IO4/c16-10-6-11-12(15(19)14(10)18)9(7-20-11)13(17)8-4-2-1-3-5-8/h1-7H. The highest BCUT2D eigenvalue weighted by Crippen LogP contribution is 2.30. The molecule has 0 atom stereocenters. The third-order valence-corrected chi connectivity index (χ3v) is 3.81. The molecule has 0 aliphatic heterocycles. The van der Waals surface area contributed by atoms with Crippen LogP contribution in [-0.2, 0) is 4.79 Å². The van der Waals surface area contributed by atoms with E-state index in [0.717, 1.165) is 0 Å². The van der Waals surface area contributed by atoms with Gasteiger partial charge in [0.25, 0.3) is 0 Å². The number of fused-ring (bicyclic) bond motifs is 1. The van der Waals surface area contributed by atoms with Crippen LogP contribution in [0.25, 0.3) is 6.08 Å². The minimum atomic E-state index is -0.695. The van der Waals surface area contributed by atoms with Crippen molar-refractivity contribution in [2.75, 3.05) is 0 Å². The number of allylic oxidation sites excluding steroid dienone is 1. The number of carbonyl (C=O) groups is 3. The maximum Gasteiger partial charge on any atom is 0.239 e. The van der Waals surface area contributed by atoms with E-state index in [2.05, 4.69) is 0 Å². The molecule has 1 aliphatic rings. The van der Waals surface area contributed by atoms with Crippen LogP contribution in [0.1, 0.15) is 32.0 Å². The van der Waals surface area contributed by atoms with Crippen molar-refractivity contribution in [2.45, 2.75) is 0 Å². The lowest BCUT2D eigenvalue weighted by atomic mass is 9.94. The number of hydrogen-bond donors (Lipinski definition) is 0. The number of rotatable bonds is 2. The molecule has 1 aromatic heterocycles. The summed E-state index contributed by atoms with van der Waals surface area (Å²) in [6.45, 7) is 0. The van der Waals surface area contributed by atoms with Crippen molar-refractivity contribution in [1.82, 2.24) is 0 Å². The Morgan fingerprint density at radius 2 is 1.75 bits per heavy atom. The Hall–Kier alpha value is -2.02. The molecular formula is C15H7IO4. The molecule has 0 spiro atoms. The number of hydrogen-bond acceptors (Lipinski definition) is 4. The van der Waals surface area contributed by atoms with Gasteiger partial charge in [0.2, 0.25) is 11.6 Å². The van der Waals surface area contributed by atoms with E-state index >= 15 is 0 Å². The number of halogens is 1. The van der Waals surface area contributed by atoms with Crippen LogP contribution in [-0.4, -0.2) is 17.3 Å². The summed E-state index contributed by atoms with van der Waals surface area (Å²) in [5, 5.41) is 0. The van der Waals surface area contributed by atoms with Crippen molar-refractivity contribution in [3.05, 3.63) is 62.6 Å². The van der Waals surface area contributed by atoms with Crippen molar-refractivity contribution in [2.24, 2.45) is 0 Å². The highest BCUT2D eigenvalue weighted by Gasteiger charge is 2.33. The molecule has 0 radical (unpaired) electrons. The van der Waals surface area contributed by atoms with E-state index in [-0.39, 0.29) is 26.3 Å². The molecule has 0 unspecified atom stereocenters. The van der Waals surface area contributed by atoms with Gasteiger partial charge < -0.3 is 4.42 Å². The fraction of sp³-hybridized carbons (Fsp3) is 0. The summed E-state index contributed by atoms with van der Waals surface area (Å²) >= 11 is 1.78. The van der Waals surface area contributed by atoms with E-state index in [1.807, 2.05) is 0 Å². The largest absolute Gasteiger partial charge is 0.463 e. The fourth-order valence-electron chi connectivity index (χ4n) is 2.03. The molecule has 1 heterocycles. The third-order valence-electron chi connectivity index (χ3n) is 3.01. The van der Waals surface area contributed by atoms with Gasteiger partial charge >= 0.3 is 0 Å². The van der Waals surface area contributed by atoms with E-state index in [4.69, 9.17) is 4.42 Å². The first-order chi connectivity index (χ1) is 9.59. The van der Waals surface area contributed by atoms with Crippen LogP contribution in [0.3, 0.4) is 0 Å².